The summed E-state index contributed by atoms with van der Waals surface area (Å²) in [5.41, 5.74) is 4.52. The number of hydrogen-bond acceptors (Lipinski definition) is 3. The topological polar surface area (TPSA) is 47.6 Å². The van der Waals surface area contributed by atoms with E-state index in [0.29, 0.717) is 26.2 Å². The summed E-state index contributed by atoms with van der Waals surface area (Å²) in [5.74, 6) is 0.0162. The van der Waals surface area contributed by atoms with E-state index in [0.717, 1.165) is 23.1 Å². The Kier molecular flexibility index (Phi) is 6.42. The van der Waals surface area contributed by atoms with Gasteiger partial charge >= 0.3 is 0 Å². The third kappa shape index (κ3) is 5.16. The molecule has 0 aromatic heterocycles. The molecule has 26 heavy (non-hydrogen) atoms. The van der Waals surface area contributed by atoms with Gasteiger partial charge in [-0.1, -0.05) is 54.1 Å². The highest BCUT2D eigenvalue weighted by Gasteiger charge is 2.28. The number of carbonyl (C=O) groups excluding carboxylic acids is 1. The maximum atomic E-state index is 12.5. The molecule has 0 radical (unpaired) electrons. The normalized spacial score (nSPS) is 19.9. The lowest BCUT2D eigenvalue weighted by atomic mass is 10.0. The van der Waals surface area contributed by atoms with Gasteiger partial charge in [0.1, 0.15) is 0 Å². The van der Waals surface area contributed by atoms with Crippen LogP contribution >= 0.6 is 0 Å². The van der Waals surface area contributed by atoms with Crippen LogP contribution in [0.15, 0.2) is 48.5 Å². The molecule has 2 aromatic carbocycles. The Balaban J connectivity index is 1.57. The SMILES string of the molecule is Cc1ccc(C)c(CC(=O)N[C@@H]2COCC[C@@H]2OCc2ccccc2)c1. The Morgan fingerprint density at radius 2 is 2.00 bits per heavy atom. The maximum absolute atomic E-state index is 12.5. The summed E-state index contributed by atoms with van der Waals surface area (Å²) in [5, 5.41) is 3.11. The minimum atomic E-state index is -0.106. The molecule has 0 bridgehead atoms. The van der Waals surface area contributed by atoms with Crippen LogP contribution in [0, 0.1) is 13.8 Å². The molecule has 0 saturated carbocycles. The van der Waals surface area contributed by atoms with Gasteiger partial charge in [0.25, 0.3) is 0 Å². The smallest absolute Gasteiger partial charge is 0.224 e. The van der Waals surface area contributed by atoms with E-state index in [1.54, 1.807) is 0 Å². The number of amides is 1. The van der Waals surface area contributed by atoms with E-state index >= 15 is 0 Å². The molecule has 1 N–H and O–H groups in total. The van der Waals surface area contributed by atoms with E-state index in [2.05, 4.69) is 23.5 Å². The number of aryl methyl sites for hydroxylation is 2. The van der Waals surface area contributed by atoms with Crippen LogP contribution in [-0.2, 0) is 27.3 Å². The molecule has 2 atom stereocenters. The van der Waals surface area contributed by atoms with E-state index < -0.39 is 0 Å². The Morgan fingerprint density at radius 1 is 1.19 bits per heavy atom. The summed E-state index contributed by atoms with van der Waals surface area (Å²) in [6, 6.07) is 16.2. The molecule has 4 heteroatoms. The van der Waals surface area contributed by atoms with Crippen LogP contribution in [0.3, 0.4) is 0 Å². The predicted octanol–water partition coefficient (Wildman–Crippen LogP) is 3.34. The molecule has 1 aliphatic heterocycles. The molecule has 2 aromatic rings. The van der Waals surface area contributed by atoms with Crippen LogP contribution in [0.4, 0.5) is 0 Å². The Bertz CT molecular complexity index is 729. The van der Waals surface area contributed by atoms with Gasteiger partial charge in [0.15, 0.2) is 0 Å². The first-order chi connectivity index (χ1) is 12.6. The van der Waals surface area contributed by atoms with Crippen LogP contribution in [0.1, 0.15) is 28.7 Å². The summed E-state index contributed by atoms with van der Waals surface area (Å²) < 4.78 is 11.6. The highest BCUT2D eigenvalue weighted by molar-refractivity contribution is 5.79. The van der Waals surface area contributed by atoms with Gasteiger partial charge < -0.3 is 14.8 Å². The number of rotatable bonds is 6. The fourth-order valence-corrected chi connectivity index (χ4v) is 3.25. The molecule has 0 unspecified atom stereocenters. The third-order valence-electron chi connectivity index (χ3n) is 4.80. The average molecular weight is 353 g/mol. The summed E-state index contributed by atoms with van der Waals surface area (Å²) >= 11 is 0. The van der Waals surface area contributed by atoms with Gasteiger partial charge in [-0.15, -0.1) is 0 Å². The Labute approximate surface area is 155 Å². The number of benzene rings is 2. The predicted molar refractivity (Wildman–Crippen MR) is 102 cm³/mol. The second kappa shape index (κ2) is 8.97. The molecule has 1 saturated heterocycles. The second-order valence-corrected chi connectivity index (χ2v) is 6.98. The van der Waals surface area contributed by atoms with Crippen molar-refractivity contribution >= 4 is 5.91 Å². The molecular formula is C22H27NO3. The lowest BCUT2D eigenvalue weighted by Crippen LogP contribution is -2.50. The lowest BCUT2D eigenvalue weighted by Gasteiger charge is -2.32. The van der Waals surface area contributed by atoms with E-state index in [-0.39, 0.29) is 18.1 Å². The lowest BCUT2D eigenvalue weighted by molar-refractivity contribution is -0.125. The zero-order valence-electron chi connectivity index (χ0n) is 15.5. The molecular weight excluding hydrogens is 326 g/mol. The molecule has 138 valence electrons. The van der Waals surface area contributed by atoms with E-state index in [4.69, 9.17) is 9.47 Å². The van der Waals surface area contributed by atoms with Gasteiger partial charge in [-0.2, -0.15) is 0 Å². The largest absolute Gasteiger partial charge is 0.379 e. The van der Waals surface area contributed by atoms with Crippen LogP contribution < -0.4 is 5.32 Å². The second-order valence-electron chi connectivity index (χ2n) is 6.98. The number of ether oxygens (including phenoxy) is 2. The van der Waals surface area contributed by atoms with Gasteiger partial charge in [-0.25, -0.2) is 0 Å². The molecule has 1 amide bonds. The molecule has 4 nitrogen and oxygen atoms in total. The fraction of sp³-hybridized carbons (Fsp3) is 0.409. The zero-order chi connectivity index (χ0) is 18.4. The van der Waals surface area contributed by atoms with Gasteiger partial charge in [0, 0.05) is 6.61 Å². The molecule has 1 heterocycles. The standard InChI is InChI=1S/C22H27NO3/c1-16-8-9-17(2)19(12-16)13-22(24)23-20-15-25-11-10-21(20)26-14-18-6-4-3-5-7-18/h3-9,12,20-21H,10-11,13-15H2,1-2H3,(H,23,24)/t20-,21+/m1/s1. The van der Waals surface area contributed by atoms with E-state index in [1.807, 2.05) is 44.2 Å². The highest BCUT2D eigenvalue weighted by Crippen LogP contribution is 2.16. The molecule has 3 rings (SSSR count). The average Bonchev–Trinajstić information content (AvgIpc) is 2.65. The van der Waals surface area contributed by atoms with Crippen molar-refractivity contribution in [2.24, 2.45) is 0 Å². The van der Waals surface area contributed by atoms with Crippen LogP contribution in [0.25, 0.3) is 0 Å². The van der Waals surface area contributed by atoms with Gasteiger partial charge in [0.05, 0.1) is 31.8 Å². The highest BCUT2D eigenvalue weighted by atomic mass is 16.5. The number of carbonyl (C=O) groups is 1. The third-order valence-corrected chi connectivity index (χ3v) is 4.80. The monoisotopic (exact) mass is 353 g/mol. The van der Waals surface area contributed by atoms with Gasteiger partial charge in [-0.05, 0) is 37.0 Å². The minimum absolute atomic E-state index is 0.0162. The van der Waals surface area contributed by atoms with Crippen LogP contribution in [-0.4, -0.2) is 31.3 Å². The van der Waals surface area contributed by atoms with Crippen molar-refractivity contribution < 1.29 is 14.3 Å². The van der Waals surface area contributed by atoms with Crippen molar-refractivity contribution in [2.45, 2.75) is 45.4 Å². The molecule has 1 fully saturated rings. The van der Waals surface area contributed by atoms with Crippen molar-refractivity contribution in [3.63, 3.8) is 0 Å². The quantitative estimate of drug-likeness (QED) is 0.866. The first-order valence-corrected chi connectivity index (χ1v) is 9.20. The Hall–Kier alpha value is -2.17. The summed E-state index contributed by atoms with van der Waals surface area (Å²) in [6.45, 7) is 5.80. The number of hydrogen-bond donors (Lipinski definition) is 1. The first-order valence-electron chi connectivity index (χ1n) is 9.20. The van der Waals surface area contributed by atoms with Crippen LogP contribution in [0.5, 0.6) is 0 Å². The summed E-state index contributed by atoms with van der Waals surface area (Å²) in [4.78, 5) is 12.5. The summed E-state index contributed by atoms with van der Waals surface area (Å²) in [6.07, 6.45) is 1.16. The van der Waals surface area contributed by atoms with Crippen molar-refractivity contribution in [3.05, 3.63) is 70.8 Å². The fourth-order valence-electron chi connectivity index (χ4n) is 3.25. The summed E-state index contributed by atoms with van der Waals surface area (Å²) in [7, 11) is 0. The van der Waals surface area contributed by atoms with Crippen molar-refractivity contribution in [1.82, 2.24) is 5.32 Å². The molecule has 0 aliphatic carbocycles. The Morgan fingerprint density at radius 3 is 2.81 bits per heavy atom. The maximum Gasteiger partial charge on any atom is 0.224 e. The van der Waals surface area contributed by atoms with Crippen molar-refractivity contribution in [2.75, 3.05) is 13.2 Å². The van der Waals surface area contributed by atoms with Crippen LogP contribution in [0.2, 0.25) is 0 Å². The van der Waals surface area contributed by atoms with Crippen molar-refractivity contribution in [3.8, 4) is 0 Å². The zero-order valence-corrected chi connectivity index (χ0v) is 15.5. The molecule has 0 spiro atoms. The van der Waals surface area contributed by atoms with E-state index in [9.17, 15) is 4.79 Å². The number of nitrogens with one attached hydrogen (secondary N) is 1. The van der Waals surface area contributed by atoms with Gasteiger partial charge in [-0.3, -0.25) is 4.79 Å². The van der Waals surface area contributed by atoms with E-state index in [1.165, 1.54) is 5.56 Å². The van der Waals surface area contributed by atoms with Crippen molar-refractivity contribution in [1.29, 1.82) is 0 Å². The first kappa shape index (κ1) is 18.6. The van der Waals surface area contributed by atoms with Gasteiger partial charge in [0.2, 0.25) is 5.91 Å². The minimum Gasteiger partial charge on any atom is -0.379 e. The molecule has 1 aliphatic rings.